The first-order chi connectivity index (χ1) is 12.2. The van der Waals surface area contributed by atoms with Crippen LogP contribution < -0.4 is 10.6 Å². The second-order valence-electron chi connectivity index (χ2n) is 6.00. The van der Waals surface area contributed by atoms with Gasteiger partial charge in [0.15, 0.2) is 0 Å². The molecule has 0 unspecified atom stereocenters. The van der Waals surface area contributed by atoms with E-state index in [-0.39, 0.29) is 0 Å². The molecular weight excluding hydrogens is 310 g/mol. The predicted octanol–water partition coefficient (Wildman–Crippen LogP) is 4.36. The summed E-state index contributed by atoms with van der Waals surface area (Å²) in [4.78, 5) is 13.4. The molecule has 0 fully saturated rings. The van der Waals surface area contributed by atoms with Crippen LogP contribution in [0.3, 0.4) is 0 Å². The molecule has 0 saturated heterocycles. The van der Waals surface area contributed by atoms with Crippen LogP contribution in [0, 0.1) is 0 Å². The minimum Gasteiger partial charge on any atom is -0.366 e. The Kier molecular flexibility index (Phi) is 5.57. The highest BCUT2D eigenvalue weighted by atomic mass is 15.2. The largest absolute Gasteiger partial charge is 0.366 e. The molecule has 0 aliphatic carbocycles. The third-order valence-electron chi connectivity index (χ3n) is 3.98. The van der Waals surface area contributed by atoms with Crippen molar-refractivity contribution < 1.29 is 0 Å². The van der Waals surface area contributed by atoms with E-state index in [2.05, 4.69) is 51.6 Å². The van der Waals surface area contributed by atoms with Crippen LogP contribution in [0.15, 0.2) is 60.9 Å². The normalized spacial score (nSPS) is 11.8. The van der Waals surface area contributed by atoms with Crippen LogP contribution in [-0.4, -0.2) is 21.0 Å². The lowest BCUT2D eigenvalue weighted by molar-refractivity contribution is 0.753. The number of nitrogens with zero attached hydrogens (tertiary/aromatic N) is 3. The lowest BCUT2D eigenvalue weighted by Gasteiger charge is -2.14. The Labute approximate surface area is 148 Å². The summed E-state index contributed by atoms with van der Waals surface area (Å²) in [5, 5.41) is 6.74. The molecule has 0 aliphatic heterocycles. The molecule has 2 aromatic heterocycles. The molecule has 25 heavy (non-hydrogen) atoms. The van der Waals surface area contributed by atoms with Crippen molar-refractivity contribution in [2.24, 2.45) is 0 Å². The van der Waals surface area contributed by atoms with Crippen LogP contribution in [0.4, 0.5) is 11.8 Å². The first-order valence-corrected chi connectivity index (χ1v) is 8.58. The number of anilines is 2. The molecule has 0 saturated carbocycles. The highest BCUT2D eigenvalue weighted by Gasteiger charge is 2.08. The fourth-order valence-electron chi connectivity index (χ4n) is 2.38. The summed E-state index contributed by atoms with van der Waals surface area (Å²) in [5.41, 5.74) is 3.08. The maximum absolute atomic E-state index is 4.67. The van der Waals surface area contributed by atoms with E-state index in [0.29, 0.717) is 18.5 Å². The Morgan fingerprint density at radius 1 is 1.04 bits per heavy atom. The zero-order valence-electron chi connectivity index (χ0n) is 14.6. The van der Waals surface area contributed by atoms with Crippen molar-refractivity contribution in [1.29, 1.82) is 0 Å². The van der Waals surface area contributed by atoms with Gasteiger partial charge in [0.2, 0.25) is 5.95 Å². The average Bonchev–Trinajstić information content (AvgIpc) is 2.67. The Balaban J connectivity index is 1.86. The van der Waals surface area contributed by atoms with Gasteiger partial charge in [0.05, 0.1) is 5.69 Å². The summed E-state index contributed by atoms with van der Waals surface area (Å²) in [6.07, 6.45) is 4.64. The van der Waals surface area contributed by atoms with Gasteiger partial charge in [0, 0.05) is 36.6 Å². The van der Waals surface area contributed by atoms with Crippen molar-refractivity contribution in [3.63, 3.8) is 0 Å². The molecule has 128 valence electrons. The summed E-state index contributed by atoms with van der Waals surface area (Å²) in [7, 11) is 0. The molecule has 1 aromatic carbocycles. The van der Waals surface area contributed by atoms with Crippen LogP contribution in [0.25, 0.3) is 11.3 Å². The number of hydrogen-bond acceptors (Lipinski definition) is 5. The Morgan fingerprint density at radius 2 is 1.88 bits per heavy atom. The summed E-state index contributed by atoms with van der Waals surface area (Å²) in [6.45, 7) is 4.93. The third-order valence-corrected chi connectivity index (χ3v) is 3.98. The van der Waals surface area contributed by atoms with Crippen molar-refractivity contribution >= 4 is 11.8 Å². The molecule has 2 heterocycles. The molecule has 0 radical (unpaired) electrons. The van der Waals surface area contributed by atoms with E-state index in [9.17, 15) is 0 Å². The Morgan fingerprint density at radius 3 is 2.60 bits per heavy atom. The minimum absolute atomic E-state index is 0.317. The van der Waals surface area contributed by atoms with Crippen LogP contribution in [0.2, 0.25) is 0 Å². The molecule has 1 atom stereocenters. The quantitative estimate of drug-likeness (QED) is 0.672. The molecule has 2 N–H and O–H groups in total. The van der Waals surface area contributed by atoms with Gasteiger partial charge < -0.3 is 10.6 Å². The second kappa shape index (κ2) is 8.24. The van der Waals surface area contributed by atoms with Crippen molar-refractivity contribution in [3.05, 3.63) is 66.5 Å². The number of hydrogen-bond donors (Lipinski definition) is 2. The number of pyridine rings is 1. The fourth-order valence-corrected chi connectivity index (χ4v) is 2.38. The SMILES string of the molecule is CC[C@@H](C)Nc1nc(NCc2cccnc2)cc(-c2ccccc2)n1. The molecule has 5 heteroatoms. The lowest BCUT2D eigenvalue weighted by atomic mass is 10.1. The van der Waals surface area contributed by atoms with E-state index in [1.54, 1.807) is 6.20 Å². The summed E-state index contributed by atoms with van der Waals surface area (Å²) < 4.78 is 0. The zero-order chi connectivity index (χ0) is 17.5. The van der Waals surface area contributed by atoms with E-state index < -0.39 is 0 Å². The van der Waals surface area contributed by atoms with Crippen molar-refractivity contribution in [1.82, 2.24) is 15.0 Å². The number of aromatic nitrogens is 3. The van der Waals surface area contributed by atoms with Gasteiger partial charge in [-0.2, -0.15) is 4.98 Å². The summed E-state index contributed by atoms with van der Waals surface area (Å²) in [6, 6.07) is 16.4. The van der Waals surface area contributed by atoms with Gasteiger partial charge in [-0.1, -0.05) is 43.3 Å². The van der Waals surface area contributed by atoms with Crippen LogP contribution in [0.1, 0.15) is 25.8 Å². The van der Waals surface area contributed by atoms with E-state index >= 15 is 0 Å². The molecule has 3 rings (SSSR count). The lowest BCUT2D eigenvalue weighted by Crippen LogP contribution is -2.16. The van der Waals surface area contributed by atoms with E-state index in [1.807, 2.05) is 42.6 Å². The number of benzene rings is 1. The number of rotatable bonds is 7. The first kappa shape index (κ1) is 16.9. The second-order valence-corrected chi connectivity index (χ2v) is 6.00. The molecule has 0 amide bonds. The van der Waals surface area contributed by atoms with Gasteiger partial charge in [-0.05, 0) is 25.0 Å². The van der Waals surface area contributed by atoms with Gasteiger partial charge in [-0.3, -0.25) is 4.98 Å². The summed E-state index contributed by atoms with van der Waals surface area (Å²) in [5.74, 6) is 1.44. The van der Waals surface area contributed by atoms with Crippen molar-refractivity contribution in [2.45, 2.75) is 32.9 Å². The first-order valence-electron chi connectivity index (χ1n) is 8.58. The van der Waals surface area contributed by atoms with Crippen LogP contribution in [-0.2, 0) is 6.54 Å². The van der Waals surface area contributed by atoms with Gasteiger partial charge in [0.25, 0.3) is 0 Å². The minimum atomic E-state index is 0.317. The van der Waals surface area contributed by atoms with E-state index in [1.165, 1.54) is 0 Å². The molecule has 0 bridgehead atoms. The van der Waals surface area contributed by atoms with Crippen LogP contribution in [0.5, 0.6) is 0 Å². The van der Waals surface area contributed by atoms with Crippen LogP contribution >= 0.6 is 0 Å². The molecule has 0 spiro atoms. The topological polar surface area (TPSA) is 62.7 Å². The molecule has 5 nitrogen and oxygen atoms in total. The standard InChI is InChI=1S/C20H23N5/c1-3-15(2)23-20-24-18(17-9-5-4-6-10-17)12-19(25-20)22-14-16-8-7-11-21-13-16/h4-13,15H,3,14H2,1-2H3,(H2,22,23,24,25)/t15-/m1/s1. The molecular formula is C20H23N5. The van der Waals surface area contributed by atoms with E-state index in [4.69, 9.17) is 0 Å². The molecule has 3 aromatic rings. The zero-order valence-corrected chi connectivity index (χ0v) is 14.6. The fraction of sp³-hybridized carbons (Fsp3) is 0.250. The third kappa shape index (κ3) is 4.76. The van der Waals surface area contributed by atoms with Gasteiger partial charge in [0.1, 0.15) is 5.82 Å². The van der Waals surface area contributed by atoms with E-state index in [0.717, 1.165) is 29.1 Å². The highest BCUT2D eigenvalue weighted by molar-refractivity contribution is 5.64. The average molecular weight is 333 g/mol. The van der Waals surface area contributed by atoms with Gasteiger partial charge in [-0.15, -0.1) is 0 Å². The van der Waals surface area contributed by atoms with Gasteiger partial charge in [-0.25, -0.2) is 4.98 Å². The Hall–Kier alpha value is -2.95. The van der Waals surface area contributed by atoms with Gasteiger partial charge >= 0.3 is 0 Å². The number of nitrogens with one attached hydrogen (secondary N) is 2. The van der Waals surface area contributed by atoms with Crippen molar-refractivity contribution in [3.8, 4) is 11.3 Å². The maximum atomic E-state index is 4.67. The Bertz CT molecular complexity index is 790. The highest BCUT2D eigenvalue weighted by Crippen LogP contribution is 2.22. The predicted molar refractivity (Wildman–Crippen MR) is 102 cm³/mol. The molecule has 0 aliphatic rings. The summed E-state index contributed by atoms with van der Waals surface area (Å²) >= 11 is 0. The maximum Gasteiger partial charge on any atom is 0.225 e. The smallest absolute Gasteiger partial charge is 0.225 e. The monoisotopic (exact) mass is 333 g/mol. The van der Waals surface area contributed by atoms with Crippen molar-refractivity contribution in [2.75, 3.05) is 10.6 Å².